The average Bonchev–Trinajstić information content (AvgIpc) is 3.01. The Labute approximate surface area is 269 Å². The van der Waals surface area contributed by atoms with Crippen molar-refractivity contribution in [1.82, 2.24) is 5.32 Å². The molecule has 0 atom stereocenters. The van der Waals surface area contributed by atoms with Gasteiger partial charge >= 0.3 is 18.0 Å². The lowest BCUT2D eigenvalue weighted by atomic mass is 9.97. The zero-order valence-corrected chi connectivity index (χ0v) is 27.1. The first-order chi connectivity index (χ1) is 21.4. The van der Waals surface area contributed by atoms with Crippen LogP contribution in [0.5, 0.6) is 0 Å². The minimum atomic E-state index is -1.31. The van der Waals surface area contributed by atoms with Gasteiger partial charge in [-0.2, -0.15) is 0 Å². The van der Waals surface area contributed by atoms with E-state index in [1.807, 2.05) is 6.07 Å². The third-order valence-corrected chi connectivity index (χ3v) is 5.32. The Morgan fingerprint density at radius 3 is 1.63 bits per heavy atom. The Balaban J connectivity index is 0.000000737. The van der Waals surface area contributed by atoms with E-state index in [1.165, 1.54) is 40.7 Å². The number of alkyl carbamates (subject to hydrolysis) is 1. The fraction of sp³-hybridized carbons (Fsp3) is 0.353. The molecule has 0 aliphatic rings. The van der Waals surface area contributed by atoms with E-state index in [9.17, 15) is 33.9 Å². The largest absolute Gasteiger partial charge is 0.460 e. The zero-order valence-electron chi connectivity index (χ0n) is 27.1. The van der Waals surface area contributed by atoms with Crippen LogP contribution in [0.4, 0.5) is 4.79 Å². The number of aliphatic imine (C=N–C) groups is 1. The molecule has 0 spiro atoms. The maximum atomic E-state index is 12.3. The van der Waals surface area contributed by atoms with Gasteiger partial charge in [-0.3, -0.25) is 9.59 Å². The third-order valence-electron chi connectivity index (χ3n) is 5.32. The van der Waals surface area contributed by atoms with Gasteiger partial charge < -0.3 is 24.6 Å². The van der Waals surface area contributed by atoms with E-state index >= 15 is 0 Å². The van der Waals surface area contributed by atoms with Crippen molar-refractivity contribution < 1.29 is 48.1 Å². The van der Waals surface area contributed by atoms with E-state index in [0.29, 0.717) is 16.7 Å². The van der Waals surface area contributed by atoms with Crippen molar-refractivity contribution in [2.75, 3.05) is 26.3 Å². The average molecular weight is 639 g/mol. The number of ether oxygens (including phenoxy) is 3. The molecule has 0 bridgehead atoms. The number of esters is 2. The summed E-state index contributed by atoms with van der Waals surface area (Å²) in [6.07, 6.45) is 0.573. The van der Waals surface area contributed by atoms with Gasteiger partial charge in [0.25, 0.3) is 0 Å². The first kappa shape index (κ1) is 40.8. The lowest BCUT2D eigenvalue weighted by molar-refractivity contribution is -0.139. The highest BCUT2D eigenvalue weighted by atomic mass is 16.6. The molecule has 0 heterocycles. The molecule has 248 valence electrons. The molecule has 1 amide bonds. The van der Waals surface area contributed by atoms with Gasteiger partial charge in [-0.25, -0.2) is 24.2 Å². The Hall–Kier alpha value is -5.19. The number of ketones is 2. The molecule has 0 saturated heterocycles. The standard InChI is InChI=1S/C17H21NO5.C10H12O2.C7H9NO3/c1-12(2)15(20)22-11-10-18-16(21)23-17(3,4)14(19)13-8-6-5-7-9-13;1-10(2,12)9(11)8-6-4-3-5-7-8;1-6(2)7(10)11-4-3-8-5-9/h5-9H,1,10-11H2,2-4H3,(H,18,21);3-7,12H,1-2H3;1,3-4H2,2H3. The van der Waals surface area contributed by atoms with Gasteiger partial charge in [-0.1, -0.05) is 73.8 Å². The summed E-state index contributed by atoms with van der Waals surface area (Å²) in [5, 5.41) is 11.8. The highest BCUT2D eigenvalue weighted by Gasteiger charge is 2.32. The van der Waals surface area contributed by atoms with Gasteiger partial charge in [0.2, 0.25) is 11.9 Å². The van der Waals surface area contributed by atoms with E-state index in [0.717, 1.165) is 0 Å². The molecular formula is C34H42N2O10. The first-order valence-electron chi connectivity index (χ1n) is 14.0. The van der Waals surface area contributed by atoms with Crippen molar-refractivity contribution >= 4 is 35.7 Å². The molecule has 0 radical (unpaired) electrons. The number of aliphatic hydroxyl groups is 1. The predicted octanol–water partition coefficient (Wildman–Crippen LogP) is 4.58. The van der Waals surface area contributed by atoms with Gasteiger partial charge in [0, 0.05) is 22.3 Å². The number of amides is 1. The van der Waals surface area contributed by atoms with Crippen LogP contribution in [0.3, 0.4) is 0 Å². The van der Waals surface area contributed by atoms with Crippen LogP contribution < -0.4 is 5.32 Å². The number of hydrogen-bond donors (Lipinski definition) is 2. The van der Waals surface area contributed by atoms with E-state index in [4.69, 9.17) is 9.47 Å². The minimum Gasteiger partial charge on any atom is -0.460 e. The number of rotatable bonds is 13. The summed E-state index contributed by atoms with van der Waals surface area (Å²) in [7, 11) is 0. The lowest BCUT2D eigenvalue weighted by Crippen LogP contribution is -2.41. The number of benzene rings is 2. The quantitative estimate of drug-likeness (QED) is 0.0601. The summed E-state index contributed by atoms with van der Waals surface area (Å²) in [4.78, 5) is 70.0. The minimum absolute atomic E-state index is 0.00610. The van der Waals surface area contributed by atoms with Crippen molar-refractivity contribution in [1.29, 1.82) is 0 Å². The molecule has 0 aromatic heterocycles. The number of nitrogens with one attached hydrogen (secondary N) is 1. The maximum Gasteiger partial charge on any atom is 0.408 e. The maximum absolute atomic E-state index is 12.3. The van der Waals surface area contributed by atoms with Gasteiger partial charge in [-0.05, 0) is 41.5 Å². The topological polar surface area (TPSA) is 175 Å². The molecule has 46 heavy (non-hydrogen) atoms. The molecular weight excluding hydrogens is 596 g/mol. The van der Waals surface area contributed by atoms with Crippen LogP contribution in [-0.4, -0.2) is 78.3 Å². The molecule has 2 rings (SSSR count). The summed E-state index contributed by atoms with van der Waals surface area (Å²) in [5.41, 5.74) is -0.964. The number of carbonyl (C=O) groups is 5. The van der Waals surface area contributed by atoms with Crippen molar-refractivity contribution in [3.8, 4) is 0 Å². The number of nitrogens with zero attached hydrogens (tertiary/aromatic N) is 1. The highest BCUT2D eigenvalue weighted by molar-refractivity contribution is 6.03. The van der Waals surface area contributed by atoms with Crippen LogP contribution in [0.15, 0.2) is 90.0 Å². The van der Waals surface area contributed by atoms with Crippen LogP contribution in [0.2, 0.25) is 0 Å². The Kier molecular flexibility index (Phi) is 18.4. The Bertz CT molecular complexity index is 1390. The Morgan fingerprint density at radius 1 is 0.783 bits per heavy atom. The molecule has 0 saturated carbocycles. The number of carbonyl (C=O) groups excluding carboxylic acids is 6. The fourth-order valence-corrected chi connectivity index (χ4v) is 2.97. The molecule has 0 unspecified atom stereocenters. The molecule has 0 fully saturated rings. The molecule has 12 nitrogen and oxygen atoms in total. The van der Waals surface area contributed by atoms with Crippen LogP contribution in [0, 0.1) is 0 Å². The molecule has 0 aliphatic heterocycles. The van der Waals surface area contributed by atoms with Crippen molar-refractivity contribution in [3.05, 3.63) is 96.1 Å². The van der Waals surface area contributed by atoms with Gasteiger partial charge in [0.1, 0.15) is 18.8 Å². The summed E-state index contributed by atoms with van der Waals surface area (Å²) < 4.78 is 14.6. The van der Waals surface area contributed by atoms with Crippen molar-refractivity contribution in [2.24, 2.45) is 4.99 Å². The molecule has 2 aromatic carbocycles. The van der Waals surface area contributed by atoms with Crippen LogP contribution in [0.1, 0.15) is 62.3 Å². The summed E-state index contributed by atoms with van der Waals surface area (Å²) in [6, 6.07) is 17.4. The van der Waals surface area contributed by atoms with Gasteiger partial charge in [0.05, 0.1) is 13.1 Å². The highest BCUT2D eigenvalue weighted by Crippen LogP contribution is 2.17. The number of Topliss-reactive ketones (excluding diaryl/α,β-unsaturated/α-hetero) is 2. The monoisotopic (exact) mass is 638 g/mol. The van der Waals surface area contributed by atoms with Crippen LogP contribution in [0.25, 0.3) is 0 Å². The van der Waals surface area contributed by atoms with Crippen molar-refractivity contribution in [3.63, 3.8) is 0 Å². The summed E-state index contributed by atoms with van der Waals surface area (Å²) in [5.74, 6) is -1.55. The number of hydrogen-bond acceptors (Lipinski definition) is 11. The van der Waals surface area contributed by atoms with Crippen molar-refractivity contribution in [2.45, 2.75) is 52.7 Å². The number of isocyanates is 1. The third kappa shape index (κ3) is 17.2. The van der Waals surface area contributed by atoms with E-state index in [1.54, 1.807) is 61.5 Å². The fourth-order valence-electron chi connectivity index (χ4n) is 2.97. The predicted molar refractivity (Wildman–Crippen MR) is 171 cm³/mol. The second-order valence-corrected chi connectivity index (χ2v) is 10.6. The second-order valence-electron chi connectivity index (χ2n) is 10.6. The van der Waals surface area contributed by atoms with Crippen LogP contribution >= 0.6 is 0 Å². The SMILES string of the molecule is C=C(C)C(=O)OCCN=C=O.C=C(C)C(=O)OCCNC(=O)OC(C)(C)C(=O)c1ccccc1.CC(C)(O)C(=O)c1ccccc1. The molecule has 12 heteroatoms. The summed E-state index contributed by atoms with van der Waals surface area (Å²) >= 11 is 0. The Morgan fingerprint density at radius 2 is 1.22 bits per heavy atom. The summed E-state index contributed by atoms with van der Waals surface area (Å²) in [6.45, 7) is 16.2. The lowest BCUT2D eigenvalue weighted by Gasteiger charge is -2.23. The smallest absolute Gasteiger partial charge is 0.408 e. The van der Waals surface area contributed by atoms with Gasteiger partial charge in [0.15, 0.2) is 11.4 Å². The second kappa shape index (κ2) is 20.7. The molecule has 2 aromatic rings. The first-order valence-corrected chi connectivity index (χ1v) is 14.0. The van der Waals surface area contributed by atoms with Gasteiger partial charge in [-0.15, -0.1) is 0 Å². The van der Waals surface area contributed by atoms with E-state index in [2.05, 4.69) is 28.2 Å². The molecule has 0 aliphatic carbocycles. The van der Waals surface area contributed by atoms with E-state index < -0.39 is 29.2 Å². The normalized spacial score (nSPS) is 10.2. The van der Waals surface area contributed by atoms with Crippen LogP contribution in [-0.2, 0) is 28.6 Å². The zero-order chi connectivity index (χ0) is 35.3. The molecule has 2 N–H and O–H groups in total. The van der Waals surface area contributed by atoms with E-state index in [-0.39, 0.29) is 43.4 Å².